The van der Waals surface area contributed by atoms with Crippen molar-refractivity contribution in [2.75, 3.05) is 45.8 Å². The van der Waals surface area contributed by atoms with Crippen LogP contribution in [0.3, 0.4) is 0 Å². The summed E-state index contributed by atoms with van der Waals surface area (Å²) in [6.07, 6.45) is 1.58. The van der Waals surface area contributed by atoms with E-state index < -0.39 is 0 Å². The summed E-state index contributed by atoms with van der Waals surface area (Å²) in [7, 11) is 0. The molecule has 2 amide bonds. The summed E-state index contributed by atoms with van der Waals surface area (Å²) < 4.78 is 0. The Bertz CT molecular complexity index is 365. The smallest absolute Gasteiger partial charge is 0.228 e. The normalized spacial score (nSPS) is 31.0. The van der Waals surface area contributed by atoms with E-state index in [0.717, 1.165) is 39.3 Å². The molecule has 20 heavy (non-hydrogen) atoms. The van der Waals surface area contributed by atoms with Gasteiger partial charge in [0.05, 0.1) is 5.92 Å². The maximum Gasteiger partial charge on any atom is 0.228 e. The van der Waals surface area contributed by atoms with Gasteiger partial charge in [0.1, 0.15) is 0 Å². The number of piperazine rings is 1. The van der Waals surface area contributed by atoms with Crippen molar-refractivity contribution in [1.29, 1.82) is 0 Å². The Kier molecular flexibility index (Phi) is 5.23. The molecule has 3 rings (SSSR count). The van der Waals surface area contributed by atoms with Gasteiger partial charge in [0, 0.05) is 51.7 Å². The van der Waals surface area contributed by atoms with E-state index in [1.165, 1.54) is 6.42 Å². The van der Waals surface area contributed by atoms with Crippen LogP contribution in [-0.2, 0) is 9.59 Å². The highest BCUT2D eigenvalue weighted by molar-refractivity contribution is 5.89. The topological polar surface area (TPSA) is 64.7 Å². The van der Waals surface area contributed by atoms with E-state index in [1.54, 1.807) is 0 Å². The molecule has 114 valence electrons. The molecule has 0 bridgehead atoms. The molecule has 0 saturated carbocycles. The number of nitrogens with one attached hydrogen (secondary N) is 2. The predicted molar refractivity (Wildman–Crippen MR) is 77.8 cm³/mol. The van der Waals surface area contributed by atoms with E-state index in [-0.39, 0.29) is 30.1 Å². The molecule has 3 heterocycles. The maximum atomic E-state index is 12.3. The Balaban J connectivity index is 0.00000147. The lowest BCUT2D eigenvalue weighted by molar-refractivity contribution is -0.137. The van der Waals surface area contributed by atoms with Crippen molar-refractivity contribution in [3.63, 3.8) is 0 Å². The number of hydrogen-bond acceptors (Lipinski definition) is 4. The first-order chi connectivity index (χ1) is 9.24. The van der Waals surface area contributed by atoms with E-state index >= 15 is 0 Å². The molecule has 2 atom stereocenters. The van der Waals surface area contributed by atoms with Crippen LogP contribution < -0.4 is 10.6 Å². The Morgan fingerprint density at radius 2 is 1.90 bits per heavy atom. The minimum atomic E-state index is -0.132. The van der Waals surface area contributed by atoms with E-state index in [2.05, 4.69) is 15.5 Å². The SMILES string of the molecule is Cl.O=C1CC(C(=O)N2CCN(C3CCNC3)CC2)CN1. The molecular formula is C13H23ClN4O2. The third-order valence-electron chi connectivity index (χ3n) is 4.50. The molecule has 0 radical (unpaired) electrons. The highest BCUT2D eigenvalue weighted by atomic mass is 35.5. The first-order valence-electron chi connectivity index (χ1n) is 7.24. The molecule has 7 heteroatoms. The van der Waals surface area contributed by atoms with Crippen molar-refractivity contribution in [2.45, 2.75) is 18.9 Å². The lowest BCUT2D eigenvalue weighted by Gasteiger charge is -2.38. The van der Waals surface area contributed by atoms with Crippen molar-refractivity contribution >= 4 is 24.2 Å². The van der Waals surface area contributed by atoms with Gasteiger partial charge in [-0.05, 0) is 13.0 Å². The fraction of sp³-hybridized carbons (Fsp3) is 0.846. The molecule has 3 aliphatic heterocycles. The standard InChI is InChI=1S/C13H22N4O2.ClH/c18-12-7-10(8-15-12)13(19)17-5-3-16(4-6-17)11-1-2-14-9-11;/h10-11,14H,1-9H2,(H,15,18);1H. The average molecular weight is 303 g/mol. The quantitative estimate of drug-likeness (QED) is 0.690. The van der Waals surface area contributed by atoms with Crippen molar-refractivity contribution in [1.82, 2.24) is 20.4 Å². The Labute approximate surface area is 125 Å². The van der Waals surface area contributed by atoms with Crippen LogP contribution in [0, 0.1) is 5.92 Å². The van der Waals surface area contributed by atoms with Crippen molar-refractivity contribution in [3.05, 3.63) is 0 Å². The Morgan fingerprint density at radius 3 is 2.45 bits per heavy atom. The predicted octanol–water partition coefficient (Wildman–Crippen LogP) is -0.950. The van der Waals surface area contributed by atoms with Crippen LogP contribution in [0.25, 0.3) is 0 Å². The van der Waals surface area contributed by atoms with Crippen LogP contribution in [-0.4, -0.2) is 73.5 Å². The number of rotatable bonds is 2. The summed E-state index contributed by atoms with van der Waals surface area (Å²) in [6, 6.07) is 0.645. The molecule has 0 aromatic rings. The van der Waals surface area contributed by atoms with E-state index in [1.807, 2.05) is 4.90 Å². The molecule has 2 N–H and O–H groups in total. The zero-order valence-electron chi connectivity index (χ0n) is 11.6. The van der Waals surface area contributed by atoms with Gasteiger partial charge in [-0.15, -0.1) is 12.4 Å². The number of hydrogen-bond donors (Lipinski definition) is 2. The third-order valence-corrected chi connectivity index (χ3v) is 4.50. The van der Waals surface area contributed by atoms with E-state index in [4.69, 9.17) is 0 Å². The van der Waals surface area contributed by atoms with E-state index in [9.17, 15) is 9.59 Å². The first kappa shape index (κ1) is 15.5. The highest BCUT2D eigenvalue weighted by Crippen LogP contribution is 2.16. The van der Waals surface area contributed by atoms with Gasteiger partial charge in [0.25, 0.3) is 0 Å². The summed E-state index contributed by atoms with van der Waals surface area (Å²) >= 11 is 0. The molecule has 3 fully saturated rings. The average Bonchev–Trinajstić information content (AvgIpc) is 3.09. The summed E-state index contributed by atoms with van der Waals surface area (Å²) in [5.41, 5.74) is 0. The minimum absolute atomic E-state index is 0. The summed E-state index contributed by atoms with van der Waals surface area (Å²) in [4.78, 5) is 27.9. The summed E-state index contributed by atoms with van der Waals surface area (Å²) in [6.45, 7) is 6.25. The number of carbonyl (C=O) groups is 2. The molecule has 0 aromatic heterocycles. The number of nitrogens with zero attached hydrogens (tertiary/aromatic N) is 2. The van der Waals surface area contributed by atoms with Gasteiger partial charge >= 0.3 is 0 Å². The van der Waals surface area contributed by atoms with Crippen LogP contribution in [0.2, 0.25) is 0 Å². The molecular weight excluding hydrogens is 280 g/mol. The van der Waals surface area contributed by atoms with Crippen LogP contribution in [0.4, 0.5) is 0 Å². The Hall–Kier alpha value is -0.850. The lowest BCUT2D eigenvalue weighted by atomic mass is 10.1. The molecule has 0 spiro atoms. The number of halogens is 1. The van der Waals surface area contributed by atoms with Crippen LogP contribution in [0.5, 0.6) is 0 Å². The largest absolute Gasteiger partial charge is 0.355 e. The zero-order valence-corrected chi connectivity index (χ0v) is 12.5. The minimum Gasteiger partial charge on any atom is -0.355 e. The second-order valence-electron chi connectivity index (χ2n) is 5.71. The van der Waals surface area contributed by atoms with Gasteiger partial charge in [0.15, 0.2) is 0 Å². The lowest BCUT2D eigenvalue weighted by Crippen LogP contribution is -2.53. The van der Waals surface area contributed by atoms with Crippen molar-refractivity contribution in [2.24, 2.45) is 5.92 Å². The fourth-order valence-corrected chi connectivity index (χ4v) is 3.30. The first-order valence-corrected chi connectivity index (χ1v) is 7.24. The van der Waals surface area contributed by atoms with Gasteiger partial charge in [-0.2, -0.15) is 0 Å². The molecule has 3 aliphatic rings. The third kappa shape index (κ3) is 3.24. The van der Waals surface area contributed by atoms with Gasteiger partial charge in [-0.25, -0.2) is 0 Å². The fourth-order valence-electron chi connectivity index (χ4n) is 3.30. The van der Waals surface area contributed by atoms with Gasteiger partial charge in [0.2, 0.25) is 11.8 Å². The molecule has 0 aliphatic carbocycles. The van der Waals surface area contributed by atoms with Crippen LogP contribution >= 0.6 is 12.4 Å². The molecule has 0 aromatic carbocycles. The monoisotopic (exact) mass is 302 g/mol. The highest BCUT2D eigenvalue weighted by Gasteiger charge is 2.34. The van der Waals surface area contributed by atoms with Gasteiger partial charge in [-0.1, -0.05) is 0 Å². The van der Waals surface area contributed by atoms with Crippen LogP contribution in [0.1, 0.15) is 12.8 Å². The second kappa shape index (κ2) is 6.74. The maximum absolute atomic E-state index is 12.3. The van der Waals surface area contributed by atoms with Crippen molar-refractivity contribution in [3.8, 4) is 0 Å². The Morgan fingerprint density at radius 1 is 1.15 bits per heavy atom. The van der Waals surface area contributed by atoms with E-state index in [0.29, 0.717) is 19.0 Å². The second-order valence-corrected chi connectivity index (χ2v) is 5.71. The zero-order chi connectivity index (χ0) is 13.2. The van der Waals surface area contributed by atoms with Crippen LogP contribution in [0.15, 0.2) is 0 Å². The molecule has 2 unspecified atom stereocenters. The summed E-state index contributed by atoms with van der Waals surface area (Å²) in [5, 5.41) is 6.12. The molecule has 6 nitrogen and oxygen atoms in total. The number of amides is 2. The van der Waals surface area contributed by atoms with Crippen molar-refractivity contribution < 1.29 is 9.59 Å². The summed E-state index contributed by atoms with van der Waals surface area (Å²) in [5.74, 6) is 0.0313. The van der Waals surface area contributed by atoms with Gasteiger partial charge in [-0.3, -0.25) is 14.5 Å². The van der Waals surface area contributed by atoms with Gasteiger partial charge < -0.3 is 15.5 Å². The number of carbonyl (C=O) groups excluding carboxylic acids is 2. The molecule has 3 saturated heterocycles.